The first-order valence-electron chi connectivity index (χ1n) is 9.52. The lowest BCUT2D eigenvalue weighted by molar-refractivity contribution is -0.114. The average molecular weight is 395 g/mol. The van der Waals surface area contributed by atoms with Crippen molar-refractivity contribution < 1.29 is 19.1 Å². The van der Waals surface area contributed by atoms with E-state index in [0.29, 0.717) is 48.8 Å². The molecule has 1 aliphatic heterocycles. The number of carbonyl (C=O) groups excluding carboxylic acids is 3. The highest BCUT2D eigenvalue weighted by Gasteiger charge is 2.21. The molecule has 0 aromatic heterocycles. The Balaban J connectivity index is 1.80. The first kappa shape index (κ1) is 20.5. The monoisotopic (exact) mass is 395 g/mol. The summed E-state index contributed by atoms with van der Waals surface area (Å²) in [6.45, 7) is 7.30. The quantitative estimate of drug-likeness (QED) is 0.833. The summed E-state index contributed by atoms with van der Waals surface area (Å²) in [5.74, 6) is -0.570. The van der Waals surface area contributed by atoms with Gasteiger partial charge in [0, 0.05) is 42.5 Å². The number of hydrogen-bond acceptors (Lipinski definition) is 4. The fourth-order valence-electron chi connectivity index (χ4n) is 3.21. The number of aryl methyl sites for hydroxylation is 2. The van der Waals surface area contributed by atoms with Crippen LogP contribution in [-0.2, 0) is 9.53 Å². The van der Waals surface area contributed by atoms with E-state index in [4.69, 9.17) is 4.74 Å². The van der Waals surface area contributed by atoms with Gasteiger partial charge in [0.2, 0.25) is 5.91 Å². The summed E-state index contributed by atoms with van der Waals surface area (Å²) in [5, 5.41) is 5.54. The minimum Gasteiger partial charge on any atom is -0.378 e. The molecular weight excluding hydrogens is 370 g/mol. The van der Waals surface area contributed by atoms with Crippen molar-refractivity contribution in [3.8, 4) is 0 Å². The van der Waals surface area contributed by atoms with Gasteiger partial charge in [0.15, 0.2) is 0 Å². The van der Waals surface area contributed by atoms with Crippen LogP contribution < -0.4 is 10.6 Å². The third kappa shape index (κ3) is 5.00. The third-order valence-corrected chi connectivity index (χ3v) is 4.83. The van der Waals surface area contributed by atoms with Gasteiger partial charge in [-0.3, -0.25) is 14.4 Å². The molecule has 0 spiro atoms. The summed E-state index contributed by atoms with van der Waals surface area (Å²) >= 11 is 0. The van der Waals surface area contributed by atoms with E-state index in [1.54, 1.807) is 35.2 Å². The lowest BCUT2D eigenvalue weighted by Gasteiger charge is -2.27. The molecule has 2 N–H and O–H groups in total. The molecule has 0 saturated carbocycles. The number of carbonyl (C=O) groups is 3. The smallest absolute Gasteiger partial charge is 0.256 e. The maximum absolute atomic E-state index is 12.8. The largest absolute Gasteiger partial charge is 0.378 e. The summed E-state index contributed by atoms with van der Waals surface area (Å²) < 4.78 is 5.31. The van der Waals surface area contributed by atoms with Crippen LogP contribution in [0.3, 0.4) is 0 Å². The van der Waals surface area contributed by atoms with Crippen LogP contribution in [0.1, 0.15) is 38.8 Å². The highest BCUT2D eigenvalue weighted by molar-refractivity contribution is 6.07. The summed E-state index contributed by atoms with van der Waals surface area (Å²) in [6, 6.07) is 10.5. The number of hydrogen-bond donors (Lipinski definition) is 2. The van der Waals surface area contributed by atoms with E-state index in [2.05, 4.69) is 10.6 Å². The number of benzene rings is 2. The second kappa shape index (κ2) is 8.87. The molecule has 3 rings (SSSR count). The number of rotatable bonds is 4. The summed E-state index contributed by atoms with van der Waals surface area (Å²) in [5.41, 5.74) is 3.75. The van der Waals surface area contributed by atoms with E-state index >= 15 is 0 Å². The van der Waals surface area contributed by atoms with E-state index in [-0.39, 0.29) is 17.7 Å². The van der Waals surface area contributed by atoms with Crippen LogP contribution in [0.25, 0.3) is 0 Å². The Hall–Kier alpha value is -3.19. The molecule has 0 bridgehead atoms. The summed E-state index contributed by atoms with van der Waals surface area (Å²) in [7, 11) is 0. The zero-order valence-electron chi connectivity index (χ0n) is 16.9. The minimum atomic E-state index is -0.302. The lowest BCUT2D eigenvalue weighted by Crippen LogP contribution is -2.41. The van der Waals surface area contributed by atoms with Crippen LogP contribution >= 0.6 is 0 Å². The number of morpholine rings is 1. The molecule has 0 aliphatic carbocycles. The first-order valence-corrected chi connectivity index (χ1v) is 9.52. The highest BCUT2D eigenvalue weighted by atomic mass is 16.5. The fraction of sp³-hybridized carbons (Fsp3) is 0.318. The van der Waals surface area contributed by atoms with Crippen LogP contribution in [0.2, 0.25) is 0 Å². The molecule has 29 heavy (non-hydrogen) atoms. The molecule has 2 aromatic rings. The molecule has 0 radical (unpaired) electrons. The van der Waals surface area contributed by atoms with Crippen molar-refractivity contribution in [3.05, 3.63) is 58.7 Å². The summed E-state index contributed by atoms with van der Waals surface area (Å²) in [6.07, 6.45) is 0. The molecule has 1 saturated heterocycles. The number of anilines is 2. The standard InChI is InChI=1S/C22H25N3O4/c1-14-4-6-17(23-16(3)26)12-19(14)21(27)24-18-7-5-15(2)20(13-18)22(28)25-8-10-29-11-9-25/h4-7,12-13H,8-11H2,1-3H3,(H,23,26)(H,24,27). The molecule has 0 unspecified atom stereocenters. The topological polar surface area (TPSA) is 87.7 Å². The van der Waals surface area contributed by atoms with Crippen LogP contribution in [0.4, 0.5) is 11.4 Å². The van der Waals surface area contributed by atoms with Crippen molar-refractivity contribution in [3.63, 3.8) is 0 Å². The Kier molecular flexibility index (Phi) is 6.29. The van der Waals surface area contributed by atoms with Gasteiger partial charge in [-0.25, -0.2) is 0 Å². The second-order valence-electron chi connectivity index (χ2n) is 7.10. The number of nitrogens with zero attached hydrogens (tertiary/aromatic N) is 1. The van der Waals surface area contributed by atoms with Crippen LogP contribution in [0.5, 0.6) is 0 Å². The van der Waals surface area contributed by atoms with Gasteiger partial charge in [0.1, 0.15) is 0 Å². The van der Waals surface area contributed by atoms with E-state index in [1.807, 2.05) is 19.9 Å². The van der Waals surface area contributed by atoms with Crippen LogP contribution in [0.15, 0.2) is 36.4 Å². The highest BCUT2D eigenvalue weighted by Crippen LogP contribution is 2.21. The van der Waals surface area contributed by atoms with Gasteiger partial charge in [-0.2, -0.15) is 0 Å². The predicted molar refractivity (Wildman–Crippen MR) is 111 cm³/mol. The van der Waals surface area contributed by atoms with Gasteiger partial charge in [0.25, 0.3) is 11.8 Å². The van der Waals surface area contributed by atoms with Gasteiger partial charge in [-0.1, -0.05) is 12.1 Å². The predicted octanol–water partition coefficient (Wildman–Crippen LogP) is 2.99. The van der Waals surface area contributed by atoms with Crippen molar-refractivity contribution in [1.82, 2.24) is 4.90 Å². The van der Waals surface area contributed by atoms with Gasteiger partial charge >= 0.3 is 0 Å². The number of ether oxygens (including phenoxy) is 1. The number of nitrogens with one attached hydrogen (secondary N) is 2. The fourth-order valence-corrected chi connectivity index (χ4v) is 3.21. The zero-order valence-corrected chi connectivity index (χ0v) is 16.9. The Bertz CT molecular complexity index is 949. The van der Waals surface area contributed by atoms with E-state index in [0.717, 1.165) is 11.1 Å². The molecule has 7 nitrogen and oxygen atoms in total. The first-order chi connectivity index (χ1) is 13.8. The van der Waals surface area contributed by atoms with Crippen LogP contribution in [-0.4, -0.2) is 48.9 Å². The molecule has 1 aliphatic rings. The second-order valence-corrected chi connectivity index (χ2v) is 7.10. The van der Waals surface area contributed by atoms with Crippen molar-refractivity contribution in [2.45, 2.75) is 20.8 Å². The van der Waals surface area contributed by atoms with E-state index in [9.17, 15) is 14.4 Å². The molecule has 152 valence electrons. The molecule has 2 aromatic carbocycles. The Morgan fingerprint density at radius 1 is 0.862 bits per heavy atom. The van der Waals surface area contributed by atoms with Gasteiger partial charge in [-0.15, -0.1) is 0 Å². The maximum Gasteiger partial charge on any atom is 0.256 e. The molecule has 3 amide bonds. The van der Waals surface area contributed by atoms with E-state index in [1.165, 1.54) is 6.92 Å². The van der Waals surface area contributed by atoms with Gasteiger partial charge in [-0.05, 0) is 49.2 Å². The molecular formula is C22H25N3O4. The van der Waals surface area contributed by atoms with Gasteiger partial charge in [0.05, 0.1) is 13.2 Å². The lowest BCUT2D eigenvalue weighted by atomic mass is 10.0. The van der Waals surface area contributed by atoms with Crippen LogP contribution in [0, 0.1) is 13.8 Å². The average Bonchev–Trinajstić information content (AvgIpc) is 2.70. The van der Waals surface area contributed by atoms with Crippen molar-refractivity contribution in [1.29, 1.82) is 0 Å². The molecule has 1 heterocycles. The Labute approximate surface area is 170 Å². The molecule has 7 heteroatoms. The normalized spacial score (nSPS) is 13.7. The summed E-state index contributed by atoms with van der Waals surface area (Å²) in [4.78, 5) is 38.7. The Morgan fingerprint density at radius 3 is 2.03 bits per heavy atom. The van der Waals surface area contributed by atoms with Crippen molar-refractivity contribution in [2.75, 3.05) is 36.9 Å². The minimum absolute atomic E-state index is 0.0641. The van der Waals surface area contributed by atoms with Crippen molar-refractivity contribution >= 4 is 29.1 Å². The molecule has 1 fully saturated rings. The SMILES string of the molecule is CC(=O)Nc1ccc(C)c(C(=O)Nc2ccc(C)c(C(=O)N3CCOCC3)c2)c1. The van der Waals surface area contributed by atoms with Gasteiger partial charge < -0.3 is 20.3 Å². The number of amides is 3. The van der Waals surface area contributed by atoms with Crippen molar-refractivity contribution in [2.24, 2.45) is 0 Å². The van der Waals surface area contributed by atoms with E-state index < -0.39 is 0 Å². The maximum atomic E-state index is 12.8. The zero-order chi connectivity index (χ0) is 21.0. The molecule has 0 atom stereocenters. The third-order valence-electron chi connectivity index (χ3n) is 4.83. The Morgan fingerprint density at radius 2 is 1.41 bits per heavy atom.